The van der Waals surface area contributed by atoms with E-state index in [1.165, 1.54) is 0 Å². The van der Waals surface area contributed by atoms with E-state index < -0.39 is 7.31 Å². The van der Waals surface area contributed by atoms with Crippen molar-refractivity contribution in [3.63, 3.8) is 0 Å². The van der Waals surface area contributed by atoms with E-state index in [1.807, 2.05) is 0 Å². The van der Waals surface area contributed by atoms with E-state index in [4.69, 9.17) is 0 Å². The molecule has 0 bridgehead atoms. The minimum Gasteiger partial charge on any atom is -0.0541 e. The average molecular weight is 131 g/mol. The third kappa shape index (κ3) is 4.73. The molecule has 1 unspecified atom stereocenters. The predicted octanol–water partition coefficient (Wildman–Crippen LogP) is 2.19. The molecule has 0 aromatic carbocycles. The Morgan fingerprint density at radius 3 is 2.20 bits per heavy atom. The SMILES string of the molecule is O=[P+](F)SS. The lowest BCUT2D eigenvalue weighted by molar-refractivity contribution is 0.572. The Kier molecular flexibility index (Phi) is 3.37. The molecule has 0 saturated heterocycles. The fourth-order valence-electron chi connectivity index (χ4n) is 0. The molecule has 0 aliphatic rings. The van der Waals surface area contributed by atoms with E-state index in [0.717, 1.165) is 0 Å². The minimum atomic E-state index is -2.57. The maximum Gasteiger partial charge on any atom is 0.644 e. The van der Waals surface area contributed by atoms with Gasteiger partial charge in [0.05, 0.1) is 4.20 Å². The molecular weight excluding hydrogens is 130 g/mol. The summed E-state index contributed by atoms with van der Waals surface area (Å²) in [6, 6.07) is 0. The van der Waals surface area contributed by atoms with Crippen molar-refractivity contribution in [1.29, 1.82) is 0 Å². The van der Waals surface area contributed by atoms with Gasteiger partial charge in [0.1, 0.15) is 0 Å². The molecule has 5 heteroatoms. The monoisotopic (exact) mass is 131 g/mol. The Labute approximate surface area is 38.8 Å². The van der Waals surface area contributed by atoms with Crippen molar-refractivity contribution >= 4 is 29.4 Å². The van der Waals surface area contributed by atoms with Crippen LogP contribution >= 0.6 is 29.4 Å². The first-order chi connectivity index (χ1) is 2.27. The van der Waals surface area contributed by atoms with Crippen LogP contribution in [-0.4, -0.2) is 0 Å². The highest BCUT2D eigenvalue weighted by atomic mass is 33.3. The van der Waals surface area contributed by atoms with Crippen LogP contribution in [0.3, 0.4) is 0 Å². The molecule has 0 fully saturated rings. The molecule has 0 aliphatic carbocycles. The van der Waals surface area contributed by atoms with Gasteiger partial charge in [0.2, 0.25) is 10.4 Å². The Balaban J connectivity index is 2.85. The molecule has 0 rings (SSSR count). The Bertz CT molecular complexity index is 44.9. The van der Waals surface area contributed by atoms with E-state index in [0.29, 0.717) is 10.4 Å². The Morgan fingerprint density at radius 1 is 2.00 bits per heavy atom. The second-order valence-electron chi connectivity index (χ2n) is 0.294. The Morgan fingerprint density at radius 2 is 2.20 bits per heavy atom. The maximum atomic E-state index is 10.8. The van der Waals surface area contributed by atoms with Gasteiger partial charge >= 0.3 is 7.31 Å². The molecule has 30 valence electrons. The maximum absolute atomic E-state index is 10.8. The summed E-state index contributed by atoms with van der Waals surface area (Å²) in [5.41, 5.74) is 0. The second-order valence-corrected chi connectivity index (χ2v) is 3.70. The zero-order chi connectivity index (χ0) is 4.28. The van der Waals surface area contributed by atoms with Gasteiger partial charge in [-0.1, -0.05) is 11.7 Å². The van der Waals surface area contributed by atoms with E-state index in [9.17, 15) is 8.76 Å². The largest absolute Gasteiger partial charge is 0.644 e. The second kappa shape index (κ2) is 2.94. The molecule has 0 aromatic heterocycles. The molecule has 0 heterocycles. The normalized spacial score (nSPS) is 11.2. The van der Waals surface area contributed by atoms with Crippen LogP contribution in [0, 0.1) is 0 Å². The zero-order valence-electron chi connectivity index (χ0n) is 2.09. The van der Waals surface area contributed by atoms with Crippen LogP contribution in [0.2, 0.25) is 0 Å². The highest BCUT2D eigenvalue weighted by Crippen LogP contribution is 2.41. The topological polar surface area (TPSA) is 17.1 Å². The van der Waals surface area contributed by atoms with E-state index in [2.05, 4.69) is 11.7 Å². The van der Waals surface area contributed by atoms with Gasteiger partial charge in [0.15, 0.2) is 0 Å². The van der Waals surface area contributed by atoms with Gasteiger partial charge in [0, 0.05) is 0 Å². The van der Waals surface area contributed by atoms with Crippen LogP contribution in [0.15, 0.2) is 0 Å². The number of halogens is 1. The molecule has 0 amide bonds. The van der Waals surface area contributed by atoms with Crippen molar-refractivity contribution in [2.45, 2.75) is 0 Å². The molecule has 5 heavy (non-hydrogen) atoms. The first-order valence-electron chi connectivity index (χ1n) is 0.717. The first kappa shape index (κ1) is 5.73. The fourth-order valence-corrected chi connectivity index (χ4v) is 0. The smallest absolute Gasteiger partial charge is 0.0541 e. The fraction of sp³-hybridized carbons (Fsp3) is 0. The molecule has 1 nitrogen and oxygen atoms in total. The van der Waals surface area contributed by atoms with Crippen molar-refractivity contribution in [2.75, 3.05) is 0 Å². The average Bonchev–Trinajstić information content (AvgIpc) is 1.38. The number of hydrogen-bond donors (Lipinski definition) is 1. The van der Waals surface area contributed by atoms with Gasteiger partial charge in [-0.15, -0.1) is 0 Å². The van der Waals surface area contributed by atoms with Gasteiger partial charge in [-0.05, 0) is 4.57 Å². The summed E-state index contributed by atoms with van der Waals surface area (Å²) in [4.78, 5) is 0. The lowest BCUT2D eigenvalue weighted by Gasteiger charge is -1.43. The Hall–Kier alpha value is 0.730. The summed E-state index contributed by atoms with van der Waals surface area (Å²) in [5.74, 6) is 0. The van der Waals surface area contributed by atoms with Gasteiger partial charge in [0.25, 0.3) is 0 Å². The summed E-state index contributed by atoms with van der Waals surface area (Å²) >= 11 is 3.27. The van der Waals surface area contributed by atoms with Crippen molar-refractivity contribution in [1.82, 2.24) is 0 Å². The summed E-state index contributed by atoms with van der Waals surface area (Å²) in [7, 11) is -2.15. The van der Waals surface area contributed by atoms with E-state index in [-0.39, 0.29) is 0 Å². The van der Waals surface area contributed by atoms with E-state index in [1.54, 1.807) is 0 Å². The number of hydrogen-bond acceptors (Lipinski definition) is 3. The molecule has 0 spiro atoms. The summed E-state index contributed by atoms with van der Waals surface area (Å²) < 4.78 is 20.0. The highest BCUT2D eigenvalue weighted by Gasteiger charge is 2.09. The summed E-state index contributed by atoms with van der Waals surface area (Å²) in [6.07, 6.45) is 0. The van der Waals surface area contributed by atoms with Gasteiger partial charge in [-0.25, -0.2) is 0 Å². The lowest BCUT2D eigenvalue weighted by atomic mass is 16.0. The van der Waals surface area contributed by atoms with Crippen LogP contribution < -0.4 is 0 Å². The molecule has 0 saturated carbocycles. The predicted molar refractivity (Wildman–Crippen MR) is 25.3 cm³/mol. The van der Waals surface area contributed by atoms with Crippen molar-refractivity contribution in [3.05, 3.63) is 0 Å². The van der Waals surface area contributed by atoms with Crippen molar-refractivity contribution in [3.8, 4) is 0 Å². The minimum absolute atomic E-state index is 0.417. The highest BCUT2D eigenvalue weighted by molar-refractivity contribution is 8.91. The number of rotatable bonds is 1. The zero-order valence-corrected chi connectivity index (χ0v) is 4.69. The van der Waals surface area contributed by atoms with Crippen LogP contribution in [0.4, 0.5) is 4.20 Å². The molecule has 0 N–H and O–H groups in total. The third-order valence-electron chi connectivity index (χ3n) is 0.0642. The van der Waals surface area contributed by atoms with Crippen LogP contribution in [0.25, 0.3) is 0 Å². The van der Waals surface area contributed by atoms with Crippen LogP contribution in [-0.2, 0) is 4.57 Å². The quantitative estimate of drug-likeness (QED) is 0.333. The van der Waals surface area contributed by atoms with Crippen molar-refractivity contribution in [2.24, 2.45) is 0 Å². The molecule has 0 aromatic rings. The molecule has 1 atom stereocenters. The van der Waals surface area contributed by atoms with Crippen LogP contribution in [0.5, 0.6) is 0 Å². The standard InChI is InChI=1S/FOPS2/c1-3(2)5-4/p+1. The van der Waals surface area contributed by atoms with E-state index >= 15 is 0 Å². The van der Waals surface area contributed by atoms with Gasteiger partial charge in [-0.3, -0.25) is 0 Å². The number of thiol groups is 1. The van der Waals surface area contributed by atoms with Gasteiger partial charge in [-0.2, -0.15) is 0 Å². The van der Waals surface area contributed by atoms with Crippen LogP contribution in [0.1, 0.15) is 0 Å². The third-order valence-corrected chi connectivity index (χ3v) is 1.73. The summed E-state index contributed by atoms with van der Waals surface area (Å²) in [6.45, 7) is 0. The molecular formula is HFOPS2+. The lowest BCUT2D eigenvalue weighted by Crippen LogP contribution is -1.12. The summed E-state index contributed by atoms with van der Waals surface area (Å²) in [5, 5.41) is 0. The van der Waals surface area contributed by atoms with Crippen molar-refractivity contribution < 1.29 is 8.76 Å². The molecule has 0 aliphatic heterocycles. The molecule has 0 radical (unpaired) electrons. The first-order valence-corrected chi connectivity index (χ1v) is 4.34. The van der Waals surface area contributed by atoms with Gasteiger partial charge < -0.3 is 0 Å².